The number of sulfonamides is 1. The van der Waals surface area contributed by atoms with Crippen LogP contribution in [0.1, 0.15) is 12.8 Å². The van der Waals surface area contributed by atoms with Gasteiger partial charge in [0.2, 0.25) is 0 Å². The third-order valence-corrected chi connectivity index (χ3v) is 5.85. The highest BCUT2D eigenvalue weighted by Crippen LogP contribution is 2.23. The molecule has 2 aromatic carbocycles. The highest BCUT2D eigenvalue weighted by atomic mass is 35.5. The molecule has 0 saturated carbocycles. The van der Waals surface area contributed by atoms with Gasteiger partial charge in [0.1, 0.15) is 11.9 Å². The van der Waals surface area contributed by atoms with E-state index in [9.17, 15) is 8.42 Å². The summed E-state index contributed by atoms with van der Waals surface area (Å²) in [5, 5.41) is 0.495. The molecule has 7 heteroatoms. The summed E-state index contributed by atoms with van der Waals surface area (Å²) >= 11 is 5.80. The fraction of sp³-hybridized carbons (Fsp3) is 0.333. The maximum atomic E-state index is 12.4. The Hall–Kier alpha value is -1.76. The molecule has 5 nitrogen and oxygen atoms in total. The zero-order chi connectivity index (χ0) is 17.9. The van der Waals surface area contributed by atoms with Crippen molar-refractivity contribution in [2.75, 3.05) is 24.9 Å². The van der Waals surface area contributed by atoms with Crippen molar-refractivity contribution < 1.29 is 13.2 Å². The molecule has 3 rings (SSSR count). The molecule has 0 amide bonds. The van der Waals surface area contributed by atoms with Crippen LogP contribution in [-0.2, 0) is 10.0 Å². The Kier molecular flexibility index (Phi) is 5.51. The molecule has 0 aromatic heterocycles. The second-order valence-corrected chi connectivity index (χ2v) is 8.32. The van der Waals surface area contributed by atoms with Crippen LogP contribution in [0.5, 0.6) is 5.75 Å². The highest BCUT2D eigenvalue weighted by Gasteiger charge is 2.18. The van der Waals surface area contributed by atoms with Crippen LogP contribution in [0.4, 0.5) is 5.69 Å². The largest absolute Gasteiger partial charge is 0.490 e. The number of hydrogen-bond acceptors (Lipinski definition) is 4. The lowest BCUT2D eigenvalue weighted by Crippen LogP contribution is -2.35. The van der Waals surface area contributed by atoms with Gasteiger partial charge in [-0.25, -0.2) is 8.42 Å². The Morgan fingerprint density at radius 2 is 1.64 bits per heavy atom. The molecule has 1 saturated heterocycles. The van der Waals surface area contributed by atoms with Gasteiger partial charge in [0.25, 0.3) is 10.0 Å². The van der Waals surface area contributed by atoms with Crippen LogP contribution in [0, 0.1) is 0 Å². The molecule has 1 aliphatic heterocycles. The first-order valence-corrected chi connectivity index (χ1v) is 10.0. The van der Waals surface area contributed by atoms with E-state index in [4.69, 9.17) is 16.3 Å². The lowest BCUT2D eigenvalue weighted by molar-refractivity contribution is 0.114. The smallest absolute Gasteiger partial charge is 0.261 e. The number of benzene rings is 2. The Bertz CT molecular complexity index is 799. The van der Waals surface area contributed by atoms with Crippen LogP contribution >= 0.6 is 11.6 Å². The molecule has 1 N–H and O–H groups in total. The fourth-order valence-corrected chi connectivity index (χ4v) is 3.91. The van der Waals surface area contributed by atoms with Gasteiger partial charge in [-0.15, -0.1) is 0 Å². The van der Waals surface area contributed by atoms with Crippen LogP contribution in [0.15, 0.2) is 53.4 Å². The van der Waals surface area contributed by atoms with Crippen LogP contribution in [0.25, 0.3) is 0 Å². The van der Waals surface area contributed by atoms with E-state index in [1.54, 1.807) is 36.4 Å². The standard InChI is InChI=1S/C18H21ClN2O3S/c1-21-12-10-17(11-13-21)24-16-6-4-15(5-7-16)20-25(22,23)18-8-2-14(19)3-9-18/h2-9,17,20H,10-13H2,1H3. The number of nitrogens with one attached hydrogen (secondary N) is 1. The van der Waals surface area contributed by atoms with Crippen LogP contribution < -0.4 is 9.46 Å². The molecule has 0 spiro atoms. The Balaban J connectivity index is 1.63. The van der Waals surface area contributed by atoms with E-state index in [1.165, 1.54) is 12.1 Å². The van der Waals surface area contributed by atoms with Gasteiger partial charge < -0.3 is 9.64 Å². The average molecular weight is 381 g/mol. The summed E-state index contributed by atoms with van der Waals surface area (Å²) < 4.78 is 33.2. The van der Waals surface area contributed by atoms with E-state index in [1.807, 2.05) is 0 Å². The van der Waals surface area contributed by atoms with Gasteiger partial charge in [0.15, 0.2) is 0 Å². The Morgan fingerprint density at radius 1 is 1.04 bits per heavy atom. The number of halogens is 1. The molecule has 2 aromatic rings. The van der Waals surface area contributed by atoms with Gasteiger partial charge >= 0.3 is 0 Å². The summed E-state index contributed by atoms with van der Waals surface area (Å²) in [7, 11) is -1.52. The predicted octanol–water partition coefficient (Wildman–Crippen LogP) is 3.61. The van der Waals surface area contributed by atoms with Crippen LogP contribution in [0.2, 0.25) is 5.02 Å². The molecule has 0 radical (unpaired) electrons. The quantitative estimate of drug-likeness (QED) is 0.860. The summed E-state index contributed by atoms with van der Waals surface area (Å²) in [6.07, 6.45) is 2.22. The maximum absolute atomic E-state index is 12.4. The topological polar surface area (TPSA) is 58.6 Å². The van der Waals surface area contributed by atoms with Crippen LogP contribution in [-0.4, -0.2) is 39.6 Å². The normalized spacial score (nSPS) is 16.6. The number of likely N-dealkylation sites (tertiary alicyclic amines) is 1. The monoisotopic (exact) mass is 380 g/mol. The van der Waals surface area contributed by atoms with Gasteiger partial charge in [-0.2, -0.15) is 0 Å². The summed E-state index contributed by atoms with van der Waals surface area (Å²) in [4.78, 5) is 2.46. The third kappa shape index (κ3) is 4.87. The number of hydrogen-bond donors (Lipinski definition) is 1. The van der Waals surface area contributed by atoms with Gasteiger partial charge in [-0.1, -0.05) is 11.6 Å². The number of piperidine rings is 1. The minimum Gasteiger partial charge on any atom is -0.490 e. The number of rotatable bonds is 5. The number of nitrogens with zero attached hydrogens (tertiary/aromatic N) is 1. The van der Waals surface area contributed by atoms with E-state index in [0.29, 0.717) is 10.7 Å². The summed E-state index contributed by atoms with van der Waals surface area (Å²) in [5.74, 6) is 0.754. The zero-order valence-corrected chi connectivity index (χ0v) is 15.6. The van der Waals surface area contributed by atoms with Crippen molar-refractivity contribution in [1.29, 1.82) is 0 Å². The van der Waals surface area contributed by atoms with E-state index in [2.05, 4.69) is 16.7 Å². The molecule has 0 unspecified atom stereocenters. The molecular weight excluding hydrogens is 360 g/mol. The van der Waals surface area contributed by atoms with Crippen molar-refractivity contribution in [3.63, 3.8) is 0 Å². The minimum atomic E-state index is -3.63. The molecule has 0 bridgehead atoms. The van der Waals surface area contributed by atoms with Crippen molar-refractivity contribution in [3.8, 4) is 5.75 Å². The SMILES string of the molecule is CN1CCC(Oc2ccc(NS(=O)(=O)c3ccc(Cl)cc3)cc2)CC1. The van der Waals surface area contributed by atoms with Crippen molar-refractivity contribution >= 4 is 27.3 Å². The van der Waals surface area contributed by atoms with Crippen molar-refractivity contribution in [1.82, 2.24) is 4.90 Å². The first-order chi connectivity index (χ1) is 11.9. The van der Waals surface area contributed by atoms with Gasteiger partial charge in [-0.3, -0.25) is 4.72 Å². The van der Waals surface area contributed by atoms with E-state index >= 15 is 0 Å². The Morgan fingerprint density at radius 3 is 2.24 bits per heavy atom. The predicted molar refractivity (Wildman–Crippen MR) is 99.8 cm³/mol. The zero-order valence-electron chi connectivity index (χ0n) is 14.0. The average Bonchev–Trinajstić information content (AvgIpc) is 2.59. The Labute approximate surface area is 153 Å². The number of ether oxygens (including phenoxy) is 1. The lowest BCUT2D eigenvalue weighted by Gasteiger charge is -2.29. The molecule has 1 heterocycles. The molecule has 25 heavy (non-hydrogen) atoms. The van der Waals surface area contributed by atoms with Crippen LogP contribution in [0.3, 0.4) is 0 Å². The minimum absolute atomic E-state index is 0.170. The molecule has 134 valence electrons. The van der Waals surface area contributed by atoms with Crippen molar-refractivity contribution in [2.24, 2.45) is 0 Å². The summed E-state index contributed by atoms with van der Waals surface area (Å²) in [5.41, 5.74) is 0.491. The summed E-state index contributed by atoms with van der Waals surface area (Å²) in [6, 6.07) is 13.0. The molecule has 0 atom stereocenters. The molecular formula is C18H21ClN2O3S. The van der Waals surface area contributed by atoms with Gasteiger partial charge in [0.05, 0.1) is 4.90 Å². The van der Waals surface area contributed by atoms with E-state index in [0.717, 1.165) is 31.7 Å². The van der Waals surface area contributed by atoms with Gasteiger partial charge in [0, 0.05) is 23.8 Å². The number of anilines is 1. The highest BCUT2D eigenvalue weighted by molar-refractivity contribution is 7.92. The van der Waals surface area contributed by atoms with E-state index < -0.39 is 10.0 Å². The molecule has 0 aliphatic carbocycles. The molecule has 1 aliphatic rings. The fourth-order valence-electron chi connectivity index (χ4n) is 2.72. The lowest BCUT2D eigenvalue weighted by atomic mass is 10.1. The van der Waals surface area contributed by atoms with E-state index in [-0.39, 0.29) is 11.0 Å². The summed E-state index contributed by atoms with van der Waals surface area (Å²) in [6.45, 7) is 2.06. The molecule has 1 fully saturated rings. The first kappa shape index (κ1) is 18.0. The van der Waals surface area contributed by atoms with Crippen molar-refractivity contribution in [2.45, 2.75) is 23.8 Å². The second kappa shape index (κ2) is 7.64. The third-order valence-electron chi connectivity index (χ3n) is 4.20. The first-order valence-electron chi connectivity index (χ1n) is 8.16. The second-order valence-electron chi connectivity index (χ2n) is 6.20. The van der Waals surface area contributed by atoms with Crippen molar-refractivity contribution in [3.05, 3.63) is 53.6 Å². The van der Waals surface area contributed by atoms with Gasteiger partial charge in [-0.05, 0) is 68.4 Å². The maximum Gasteiger partial charge on any atom is 0.261 e.